The van der Waals surface area contributed by atoms with Crippen LogP contribution in [0.5, 0.6) is 0 Å². The lowest BCUT2D eigenvalue weighted by Gasteiger charge is -2.27. The zero-order chi connectivity index (χ0) is 19.0. The molecule has 1 fully saturated rings. The van der Waals surface area contributed by atoms with Crippen LogP contribution in [0.25, 0.3) is 0 Å². The Morgan fingerprint density at radius 3 is 2.46 bits per heavy atom. The van der Waals surface area contributed by atoms with Gasteiger partial charge < -0.3 is 15.0 Å². The molecule has 28 heavy (non-hydrogen) atoms. The number of anilines is 4. The van der Waals surface area contributed by atoms with Gasteiger partial charge in [0.05, 0.1) is 19.4 Å². The van der Waals surface area contributed by atoms with Gasteiger partial charge in [0.1, 0.15) is 0 Å². The third kappa shape index (κ3) is 4.77. The molecule has 0 amide bonds. The largest absolute Gasteiger partial charge is 0.378 e. The van der Waals surface area contributed by atoms with Crippen LogP contribution in [0.15, 0.2) is 60.0 Å². The first kappa shape index (κ1) is 17.8. The van der Waals surface area contributed by atoms with Crippen molar-refractivity contribution in [1.29, 1.82) is 0 Å². The van der Waals surface area contributed by atoms with Crippen molar-refractivity contribution in [2.24, 2.45) is 5.10 Å². The van der Waals surface area contributed by atoms with Gasteiger partial charge >= 0.3 is 0 Å². The summed E-state index contributed by atoms with van der Waals surface area (Å²) in [5, 5.41) is 7.43. The Bertz CT molecular complexity index is 914. The summed E-state index contributed by atoms with van der Waals surface area (Å²) in [6.45, 7) is 2.76. The molecular formula is C19H20N8O. The second-order valence-electron chi connectivity index (χ2n) is 6.02. The van der Waals surface area contributed by atoms with Gasteiger partial charge in [0.25, 0.3) is 0 Å². The number of morpholine rings is 1. The minimum Gasteiger partial charge on any atom is -0.378 e. The number of pyridine rings is 1. The molecule has 0 radical (unpaired) electrons. The van der Waals surface area contributed by atoms with Gasteiger partial charge in [0, 0.05) is 31.2 Å². The number of hydrogen-bond donors (Lipinski definition) is 2. The van der Waals surface area contributed by atoms with Crippen LogP contribution in [-0.2, 0) is 4.74 Å². The summed E-state index contributed by atoms with van der Waals surface area (Å²) in [6.07, 6.45) is 5.11. The number of aromatic nitrogens is 4. The molecule has 0 aliphatic carbocycles. The Morgan fingerprint density at radius 2 is 1.68 bits per heavy atom. The maximum absolute atomic E-state index is 5.42. The minimum absolute atomic E-state index is 0.361. The number of benzene rings is 1. The zero-order valence-electron chi connectivity index (χ0n) is 15.2. The van der Waals surface area contributed by atoms with E-state index >= 15 is 0 Å². The van der Waals surface area contributed by atoms with Crippen molar-refractivity contribution in [3.8, 4) is 0 Å². The number of para-hydroxylation sites is 1. The number of hydrogen-bond acceptors (Lipinski definition) is 9. The number of rotatable bonds is 6. The van der Waals surface area contributed by atoms with Crippen LogP contribution in [0, 0.1) is 0 Å². The van der Waals surface area contributed by atoms with E-state index in [4.69, 9.17) is 4.74 Å². The summed E-state index contributed by atoms with van der Waals surface area (Å²) in [6, 6.07) is 13.5. The average Bonchev–Trinajstić information content (AvgIpc) is 2.76. The first-order chi connectivity index (χ1) is 13.9. The molecule has 3 heterocycles. The summed E-state index contributed by atoms with van der Waals surface area (Å²) in [5.41, 5.74) is 4.71. The van der Waals surface area contributed by atoms with Crippen LogP contribution >= 0.6 is 0 Å². The molecule has 2 N–H and O–H groups in total. The van der Waals surface area contributed by atoms with Crippen molar-refractivity contribution in [2.75, 3.05) is 41.9 Å². The highest BCUT2D eigenvalue weighted by Crippen LogP contribution is 2.18. The van der Waals surface area contributed by atoms with Crippen LogP contribution in [0.1, 0.15) is 5.56 Å². The summed E-state index contributed by atoms with van der Waals surface area (Å²) in [7, 11) is 0. The van der Waals surface area contributed by atoms with Gasteiger partial charge in [-0.2, -0.15) is 20.1 Å². The zero-order valence-corrected chi connectivity index (χ0v) is 15.2. The fourth-order valence-electron chi connectivity index (χ4n) is 2.64. The summed E-state index contributed by atoms with van der Waals surface area (Å²) < 4.78 is 5.42. The molecule has 0 unspecified atom stereocenters. The molecule has 3 aromatic rings. The van der Waals surface area contributed by atoms with Gasteiger partial charge in [-0.15, -0.1) is 0 Å². The normalized spacial score (nSPS) is 14.2. The van der Waals surface area contributed by atoms with Gasteiger partial charge in [0.2, 0.25) is 17.8 Å². The predicted octanol–water partition coefficient (Wildman–Crippen LogP) is 2.29. The van der Waals surface area contributed by atoms with E-state index in [1.807, 2.05) is 42.5 Å². The van der Waals surface area contributed by atoms with Gasteiger partial charge in [-0.05, 0) is 29.8 Å². The molecule has 142 valence electrons. The third-order valence-corrected chi connectivity index (χ3v) is 4.03. The second kappa shape index (κ2) is 8.87. The topological polar surface area (TPSA) is 100 Å². The van der Waals surface area contributed by atoms with E-state index in [1.165, 1.54) is 0 Å². The van der Waals surface area contributed by atoms with Crippen molar-refractivity contribution in [3.05, 3.63) is 60.4 Å². The molecule has 9 heteroatoms. The standard InChI is InChI=1S/C19H20N8O/c1-2-4-16(5-3-1)22-17-23-18(26-21-14-15-6-8-20-9-7-15)25-19(24-17)27-10-12-28-13-11-27/h1-9,14H,10-13H2,(H2,22,23,24,25,26). The Labute approximate surface area is 162 Å². The van der Waals surface area contributed by atoms with E-state index < -0.39 is 0 Å². The third-order valence-electron chi connectivity index (χ3n) is 4.03. The monoisotopic (exact) mass is 376 g/mol. The van der Waals surface area contributed by atoms with Crippen LogP contribution in [-0.4, -0.2) is 52.5 Å². The lowest BCUT2D eigenvalue weighted by molar-refractivity contribution is 0.122. The lowest BCUT2D eigenvalue weighted by Crippen LogP contribution is -2.37. The molecule has 2 aromatic heterocycles. The fraction of sp³-hybridized carbons (Fsp3) is 0.211. The first-order valence-electron chi connectivity index (χ1n) is 8.97. The number of nitrogens with one attached hydrogen (secondary N) is 2. The summed E-state index contributed by atoms with van der Waals surface area (Å²) in [5.74, 6) is 1.39. The maximum atomic E-state index is 5.42. The second-order valence-corrected chi connectivity index (χ2v) is 6.02. The van der Waals surface area contributed by atoms with Crippen molar-refractivity contribution < 1.29 is 4.74 Å². The fourth-order valence-corrected chi connectivity index (χ4v) is 2.64. The van der Waals surface area contributed by atoms with Crippen molar-refractivity contribution in [3.63, 3.8) is 0 Å². The van der Waals surface area contributed by atoms with Crippen LogP contribution < -0.4 is 15.6 Å². The van der Waals surface area contributed by atoms with E-state index in [-0.39, 0.29) is 0 Å². The number of ether oxygens (including phenoxy) is 1. The lowest BCUT2D eigenvalue weighted by atomic mass is 10.3. The summed E-state index contributed by atoms with van der Waals surface area (Å²) in [4.78, 5) is 19.5. The maximum Gasteiger partial charge on any atom is 0.250 e. The molecule has 0 bridgehead atoms. The molecule has 4 rings (SSSR count). The molecule has 1 aromatic carbocycles. The highest BCUT2D eigenvalue weighted by atomic mass is 16.5. The van der Waals surface area contributed by atoms with Crippen molar-refractivity contribution in [1.82, 2.24) is 19.9 Å². The predicted molar refractivity (Wildman–Crippen MR) is 108 cm³/mol. The van der Waals surface area contributed by atoms with Crippen molar-refractivity contribution >= 4 is 29.7 Å². The number of hydrazone groups is 1. The molecule has 1 aliphatic heterocycles. The van der Waals surface area contributed by atoms with Gasteiger partial charge in [-0.3, -0.25) is 4.98 Å². The first-order valence-corrected chi connectivity index (χ1v) is 8.97. The quantitative estimate of drug-likeness (QED) is 0.499. The SMILES string of the molecule is C(=NNc1nc(Nc2ccccc2)nc(N2CCOCC2)n1)c1ccncc1. The van der Waals surface area contributed by atoms with Gasteiger partial charge in [-0.25, -0.2) is 5.43 Å². The Hall–Kier alpha value is -3.59. The molecular weight excluding hydrogens is 356 g/mol. The molecule has 1 aliphatic rings. The average molecular weight is 376 g/mol. The van der Waals surface area contributed by atoms with E-state index in [0.29, 0.717) is 31.1 Å². The van der Waals surface area contributed by atoms with Crippen LogP contribution in [0.3, 0.4) is 0 Å². The Balaban J connectivity index is 1.56. The minimum atomic E-state index is 0.361. The highest BCUT2D eigenvalue weighted by Gasteiger charge is 2.16. The summed E-state index contributed by atoms with van der Waals surface area (Å²) >= 11 is 0. The Kier molecular flexibility index (Phi) is 5.64. The van der Waals surface area contributed by atoms with Crippen LogP contribution in [0.2, 0.25) is 0 Å². The van der Waals surface area contributed by atoms with Gasteiger partial charge in [-0.1, -0.05) is 18.2 Å². The molecule has 0 saturated carbocycles. The molecule has 9 nitrogen and oxygen atoms in total. The van der Waals surface area contributed by atoms with Crippen LogP contribution in [0.4, 0.5) is 23.5 Å². The van der Waals surface area contributed by atoms with E-state index in [9.17, 15) is 0 Å². The smallest absolute Gasteiger partial charge is 0.250 e. The molecule has 0 atom stereocenters. The number of nitrogens with zero attached hydrogens (tertiary/aromatic N) is 6. The van der Waals surface area contributed by atoms with Crippen molar-refractivity contribution in [2.45, 2.75) is 0 Å². The Morgan fingerprint density at radius 1 is 0.929 bits per heavy atom. The van der Waals surface area contributed by atoms with E-state index in [2.05, 4.69) is 40.7 Å². The highest BCUT2D eigenvalue weighted by molar-refractivity contribution is 5.79. The van der Waals surface area contributed by atoms with E-state index in [0.717, 1.165) is 24.3 Å². The molecule has 0 spiro atoms. The molecule has 1 saturated heterocycles. The van der Waals surface area contributed by atoms with Gasteiger partial charge in [0.15, 0.2) is 0 Å². The van der Waals surface area contributed by atoms with E-state index in [1.54, 1.807) is 18.6 Å².